The van der Waals surface area contributed by atoms with Crippen LogP contribution in [0.3, 0.4) is 0 Å². The molecule has 0 spiro atoms. The smallest absolute Gasteiger partial charge is 0.162 e. The van der Waals surface area contributed by atoms with Crippen molar-refractivity contribution in [1.82, 2.24) is 0 Å². The monoisotopic (exact) mass is 263 g/mol. The van der Waals surface area contributed by atoms with Gasteiger partial charge in [-0.2, -0.15) is 0 Å². The summed E-state index contributed by atoms with van der Waals surface area (Å²) in [5, 5.41) is 3.63. The molecule has 1 aromatic rings. The average Bonchev–Trinajstić information content (AvgIpc) is 2.63. The van der Waals surface area contributed by atoms with Gasteiger partial charge < -0.3 is 14.8 Å². The van der Waals surface area contributed by atoms with E-state index in [0.717, 1.165) is 23.1 Å². The van der Waals surface area contributed by atoms with Crippen molar-refractivity contribution in [2.45, 2.75) is 45.1 Å². The third-order valence-electron chi connectivity index (χ3n) is 4.01. The van der Waals surface area contributed by atoms with Crippen LogP contribution in [0.1, 0.15) is 39.0 Å². The Morgan fingerprint density at radius 2 is 1.79 bits per heavy atom. The fourth-order valence-electron chi connectivity index (χ4n) is 2.79. The molecule has 1 aliphatic rings. The van der Waals surface area contributed by atoms with Gasteiger partial charge in [-0.05, 0) is 37.3 Å². The fraction of sp³-hybridized carbons (Fsp3) is 0.625. The Morgan fingerprint density at radius 3 is 2.53 bits per heavy atom. The molecular formula is C16H25NO2. The van der Waals surface area contributed by atoms with Crippen molar-refractivity contribution < 1.29 is 9.47 Å². The van der Waals surface area contributed by atoms with E-state index in [1.807, 2.05) is 12.1 Å². The van der Waals surface area contributed by atoms with Gasteiger partial charge in [0.2, 0.25) is 0 Å². The minimum absolute atomic E-state index is 0.586. The third-order valence-corrected chi connectivity index (χ3v) is 4.01. The van der Waals surface area contributed by atoms with Gasteiger partial charge >= 0.3 is 0 Å². The highest BCUT2D eigenvalue weighted by Crippen LogP contribution is 2.31. The van der Waals surface area contributed by atoms with Crippen molar-refractivity contribution in [3.8, 4) is 11.5 Å². The Hall–Kier alpha value is -1.38. The topological polar surface area (TPSA) is 30.5 Å². The summed E-state index contributed by atoms with van der Waals surface area (Å²) in [5.41, 5.74) is 1.12. The van der Waals surface area contributed by atoms with E-state index in [1.54, 1.807) is 14.2 Å². The van der Waals surface area contributed by atoms with Gasteiger partial charge in [0, 0.05) is 17.8 Å². The summed E-state index contributed by atoms with van der Waals surface area (Å²) >= 11 is 0. The van der Waals surface area contributed by atoms with Crippen LogP contribution in [-0.4, -0.2) is 20.3 Å². The lowest BCUT2D eigenvalue weighted by atomic mass is 10.0. The van der Waals surface area contributed by atoms with Crippen LogP contribution in [0.25, 0.3) is 0 Å². The van der Waals surface area contributed by atoms with Gasteiger partial charge in [0.15, 0.2) is 11.5 Å². The number of hydrogen-bond acceptors (Lipinski definition) is 3. The van der Waals surface area contributed by atoms with Crippen molar-refractivity contribution in [2.24, 2.45) is 5.92 Å². The Labute approximate surface area is 116 Å². The summed E-state index contributed by atoms with van der Waals surface area (Å²) in [6.07, 6.45) is 6.54. The van der Waals surface area contributed by atoms with Crippen LogP contribution in [0, 0.1) is 5.92 Å². The quantitative estimate of drug-likeness (QED) is 0.830. The number of hydrogen-bond donors (Lipinski definition) is 1. The molecule has 1 aromatic carbocycles. The fourth-order valence-corrected chi connectivity index (χ4v) is 2.79. The van der Waals surface area contributed by atoms with E-state index in [4.69, 9.17) is 9.47 Å². The van der Waals surface area contributed by atoms with Crippen molar-refractivity contribution in [3.63, 3.8) is 0 Å². The molecular weight excluding hydrogens is 238 g/mol. The maximum atomic E-state index is 5.34. The average molecular weight is 263 g/mol. The lowest BCUT2D eigenvalue weighted by Gasteiger charge is -2.19. The van der Waals surface area contributed by atoms with Gasteiger partial charge in [0.25, 0.3) is 0 Å². The molecule has 1 aliphatic carbocycles. The molecule has 1 fully saturated rings. The Balaban J connectivity index is 2.02. The zero-order valence-electron chi connectivity index (χ0n) is 12.2. The predicted molar refractivity (Wildman–Crippen MR) is 79.2 cm³/mol. The summed E-state index contributed by atoms with van der Waals surface area (Å²) in [7, 11) is 3.34. The standard InChI is InChI=1S/C16H25NO2/c1-12-5-4-6-13(8-7-12)17-14-9-10-15(18-2)16(11-14)19-3/h9-13,17H,4-8H2,1-3H3. The lowest BCUT2D eigenvalue weighted by molar-refractivity contribution is 0.355. The molecule has 0 saturated heterocycles. The molecule has 3 heteroatoms. The first-order chi connectivity index (χ1) is 9.22. The molecule has 0 aliphatic heterocycles. The van der Waals surface area contributed by atoms with Crippen LogP contribution >= 0.6 is 0 Å². The van der Waals surface area contributed by atoms with Crippen LogP contribution < -0.4 is 14.8 Å². The summed E-state index contributed by atoms with van der Waals surface area (Å²) in [6, 6.07) is 6.63. The van der Waals surface area contributed by atoms with Crippen molar-refractivity contribution >= 4 is 5.69 Å². The minimum Gasteiger partial charge on any atom is -0.493 e. The Kier molecular flexibility index (Phi) is 4.94. The van der Waals surface area contributed by atoms with Gasteiger partial charge in [0.05, 0.1) is 14.2 Å². The Bertz CT molecular complexity index is 406. The number of anilines is 1. The molecule has 1 N–H and O–H groups in total. The number of rotatable bonds is 4. The van der Waals surface area contributed by atoms with E-state index < -0.39 is 0 Å². The minimum atomic E-state index is 0.586. The van der Waals surface area contributed by atoms with Crippen LogP contribution in [0.2, 0.25) is 0 Å². The van der Waals surface area contributed by atoms with Gasteiger partial charge in [-0.25, -0.2) is 0 Å². The van der Waals surface area contributed by atoms with Crippen molar-refractivity contribution in [3.05, 3.63) is 18.2 Å². The van der Waals surface area contributed by atoms with Crippen LogP contribution in [0.5, 0.6) is 11.5 Å². The molecule has 0 aromatic heterocycles. The van der Waals surface area contributed by atoms with Gasteiger partial charge in [-0.3, -0.25) is 0 Å². The molecule has 1 saturated carbocycles. The van der Waals surface area contributed by atoms with Gasteiger partial charge in [0.1, 0.15) is 0 Å². The predicted octanol–water partition coefficient (Wildman–Crippen LogP) is 4.08. The SMILES string of the molecule is COc1ccc(NC2CCCC(C)CC2)cc1OC. The second-order valence-electron chi connectivity index (χ2n) is 5.52. The normalized spacial score (nSPS) is 23.5. The second kappa shape index (κ2) is 6.69. The molecule has 0 bridgehead atoms. The first kappa shape index (κ1) is 14.0. The molecule has 3 nitrogen and oxygen atoms in total. The highest BCUT2D eigenvalue weighted by Gasteiger charge is 2.16. The van der Waals surface area contributed by atoms with Crippen LogP contribution in [-0.2, 0) is 0 Å². The van der Waals surface area contributed by atoms with E-state index in [9.17, 15) is 0 Å². The molecule has 2 unspecified atom stereocenters. The largest absolute Gasteiger partial charge is 0.493 e. The molecule has 2 rings (SSSR count). The zero-order chi connectivity index (χ0) is 13.7. The molecule has 0 radical (unpaired) electrons. The third kappa shape index (κ3) is 3.79. The van der Waals surface area contributed by atoms with E-state index in [0.29, 0.717) is 6.04 Å². The van der Waals surface area contributed by atoms with E-state index in [2.05, 4.69) is 18.3 Å². The van der Waals surface area contributed by atoms with Crippen LogP contribution in [0.15, 0.2) is 18.2 Å². The summed E-state index contributed by atoms with van der Waals surface area (Å²) < 4.78 is 10.6. The maximum Gasteiger partial charge on any atom is 0.162 e. The van der Waals surface area contributed by atoms with Crippen LogP contribution in [0.4, 0.5) is 5.69 Å². The molecule has 0 amide bonds. The summed E-state index contributed by atoms with van der Waals surface area (Å²) in [4.78, 5) is 0. The number of methoxy groups -OCH3 is 2. The summed E-state index contributed by atoms with van der Waals surface area (Å²) in [5.74, 6) is 2.44. The van der Waals surface area contributed by atoms with Gasteiger partial charge in [-0.1, -0.05) is 19.8 Å². The second-order valence-corrected chi connectivity index (χ2v) is 5.52. The zero-order valence-corrected chi connectivity index (χ0v) is 12.2. The first-order valence-electron chi connectivity index (χ1n) is 7.21. The highest BCUT2D eigenvalue weighted by molar-refractivity contribution is 5.55. The molecule has 19 heavy (non-hydrogen) atoms. The molecule has 106 valence electrons. The molecule has 0 heterocycles. The number of ether oxygens (including phenoxy) is 2. The van der Waals surface area contributed by atoms with E-state index >= 15 is 0 Å². The summed E-state index contributed by atoms with van der Waals surface area (Å²) in [6.45, 7) is 2.36. The van der Waals surface area contributed by atoms with E-state index in [1.165, 1.54) is 32.1 Å². The Morgan fingerprint density at radius 1 is 1.00 bits per heavy atom. The first-order valence-corrected chi connectivity index (χ1v) is 7.21. The lowest BCUT2D eigenvalue weighted by Crippen LogP contribution is -2.18. The molecule has 2 atom stereocenters. The maximum absolute atomic E-state index is 5.34. The van der Waals surface area contributed by atoms with Crippen molar-refractivity contribution in [1.29, 1.82) is 0 Å². The van der Waals surface area contributed by atoms with E-state index in [-0.39, 0.29) is 0 Å². The number of nitrogens with one attached hydrogen (secondary N) is 1. The van der Waals surface area contributed by atoms with Gasteiger partial charge in [-0.15, -0.1) is 0 Å². The number of benzene rings is 1. The van der Waals surface area contributed by atoms with Crippen molar-refractivity contribution in [2.75, 3.05) is 19.5 Å². The highest BCUT2D eigenvalue weighted by atomic mass is 16.5.